The molecule has 1 fully saturated rings. The molecule has 0 aliphatic heterocycles. The Morgan fingerprint density at radius 2 is 1.50 bits per heavy atom. The van der Waals surface area contributed by atoms with Crippen LogP contribution < -0.4 is 0 Å². The van der Waals surface area contributed by atoms with Crippen LogP contribution in [-0.4, -0.2) is 32.3 Å². The Hall–Kier alpha value is -2.70. The molecule has 2 unspecified atom stereocenters. The van der Waals surface area contributed by atoms with E-state index in [0.717, 1.165) is 38.5 Å². The van der Waals surface area contributed by atoms with Gasteiger partial charge in [0.15, 0.2) is 5.41 Å². The Labute approximate surface area is 181 Å². The van der Waals surface area contributed by atoms with Crippen LogP contribution in [0.3, 0.4) is 0 Å². The molecule has 1 saturated carbocycles. The molecule has 2 rings (SSSR count). The highest BCUT2D eigenvalue weighted by Gasteiger charge is 2.64. The van der Waals surface area contributed by atoms with E-state index in [-0.39, 0.29) is 12.0 Å². The molecule has 1 aliphatic rings. The second-order valence-electron chi connectivity index (χ2n) is 8.40. The van der Waals surface area contributed by atoms with Crippen LogP contribution in [0.25, 0.3) is 0 Å². The van der Waals surface area contributed by atoms with Gasteiger partial charge in [-0.15, -0.1) is 0 Å². The van der Waals surface area contributed by atoms with Gasteiger partial charge in [-0.1, -0.05) is 25.7 Å². The summed E-state index contributed by atoms with van der Waals surface area (Å²) in [6, 6.07) is 3.42. The zero-order chi connectivity index (χ0) is 24.5. The number of benzene rings is 1. The second-order valence-corrected chi connectivity index (χ2v) is 8.40. The number of esters is 2. The molecule has 1 aromatic carbocycles. The Bertz CT molecular complexity index is 903. The van der Waals surface area contributed by atoms with Crippen LogP contribution in [0, 0.1) is 34.5 Å². The maximum Gasteiger partial charge on any atom is 0.416 e. The molecule has 176 valence electrons. The van der Waals surface area contributed by atoms with E-state index in [1.165, 1.54) is 13.8 Å². The maximum atomic E-state index is 14.0. The molecule has 0 amide bonds. The third kappa shape index (κ3) is 5.03. The first kappa shape index (κ1) is 25.6. The third-order valence-electron chi connectivity index (χ3n) is 5.82. The van der Waals surface area contributed by atoms with Crippen molar-refractivity contribution >= 4 is 11.9 Å². The summed E-state index contributed by atoms with van der Waals surface area (Å²) in [6.45, 7) is 2.98. The average Bonchev–Trinajstić information content (AvgIpc) is 2.97. The van der Waals surface area contributed by atoms with Gasteiger partial charge >= 0.3 is 24.3 Å². The second kappa shape index (κ2) is 8.68. The largest absolute Gasteiger partial charge is 0.468 e. The van der Waals surface area contributed by atoms with E-state index in [0.29, 0.717) is 0 Å². The first-order valence-electron chi connectivity index (χ1n) is 9.51. The number of halogens is 6. The molecule has 1 aliphatic carbocycles. The highest BCUT2D eigenvalue weighted by Crippen LogP contribution is 2.58. The molecular formula is C22H22F6O4. The van der Waals surface area contributed by atoms with Gasteiger partial charge in [-0.25, -0.2) is 0 Å². The molecule has 0 spiro atoms. The normalized spacial score (nSPS) is 20.6. The van der Waals surface area contributed by atoms with Crippen molar-refractivity contribution in [3.63, 3.8) is 0 Å². The van der Waals surface area contributed by atoms with Crippen LogP contribution in [0.4, 0.5) is 26.3 Å². The topological polar surface area (TPSA) is 52.6 Å². The molecule has 10 heteroatoms. The number of methoxy groups -OCH3 is 2. The first-order valence-corrected chi connectivity index (χ1v) is 9.51. The number of hydrogen-bond donors (Lipinski definition) is 0. The highest BCUT2D eigenvalue weighted by molar-refractivity contribution is 6.00. The summed E-state index contributed by atoms with van der Waals surface area (Å²) in [6.07, 6.45) is -10.1. The molecular weight excluding hydrogens is 442 g/mol. The summed E-state index contributed by atoms with van der Waals surface area (Å²) in [4.78, 5) is 24.8. The van der Waals surface area contributed by atoms with Gasteiger partial charge in [-0.3, -0.25) is 9.59 Å². The van der Waals surface area contributed by atoms with E-state index < -0.39 is 58.9 Å². The van der Waals surface area contributed by atoms with Crippen LogP contribution in [-0.2, 0) is 25.2 Å². The molecule has 2 atom stereocenters. The minimum Gasteiger partial charge on any atom is -0.468 e. The van der Waals surface area contributed by atoms with Crippen molar-refractivity contribution in [3.8, 4) is 11.8 Å². The first-order chi connectivity index (χ1) is 14.6. The number of carbonyl (C=O) groups excluding carboxylic acids is 2. The summed E-state index contributed by atoms with van der Waals surface area (Å²) < 4.78 is 89.3. The fourth-order valence-corrected chi connectivity index (χ4v) is 4.30. The molecule has 0 saturated heterocycles. The van der Waals surface area contributed by atoms with E-state index in [1.54, 1.807) is 0 Å². The summed E-state index contributed by atoms with van der Waals surface area (Å²) >= 11 is 0. The SMILES string of the molecule is COC(=O)C1(C(=O)OC)CC(C(C#Cc2ccc(C(F)(F)F)cc2)C(F)(F)F)C(C)(C)C1. The van der Waals surface area contributed by atoms with Crippen LogP contribution in [0.15, 0.2) is 24.3 Å². The van der Waals surface area contributed by atoms with Gasteiger partial charge in [0, 0.05) is 5.56 Å². The lowest BCUT2D eigenvalue weighted by Gasteiger charge is -2.32. The summed E-state index contributed by atoms with van der Waals surface area (Å²) in [5, 5.41) is 0. The van der Waals surface area contributed by atoms with Gasteiger partial charge < -0.3 is 9.47 Å². The molecule has 1 aromatic rings. The number of hydrogen-bond acceptors (Lipinski definition) is 4. The molecule has 0 radical (unpaired) electrons. The number of alkyl halides is 6. The van der Waals surface area contributed by atoms with Crippen LogP contribution in [0.5, 0.6) is 0 Å². The van der Waals surface area contributed by atoms with Crippen molar-refractivity contribution < 1.29 is 45.4 Å². The highest BCUT2D eigenvalue weighted by atomic mass is 19.4. The number of ether oxygens (including phenoxy) is 2. The predicted octanol–water partition coefficient (Wildman–Crippen LogP) is 5.00. The minimum atomic E-state index is -4.82. The quantitative estimate of drug-likeness (QED) is 0.273. The van der Waals surface area contributed by atoms with Gasteiger partial charge in [-0.05, 0) is 48.4 Å². The van der Waals surface area contributed by atoms with Crippen molar-refractivity contribution in [2.75, 3.05) is 14.2 Å². The molecule has 4 nitrogen and oxygen atoms in total. The Morgan fingerprint density at radius 3 is 1.91 bits per heavy atom. The van der Waals surface area contributed by atoms with E-state index in [9.17, 15) is 35.9 Å². The van der Waals surface area contributed by atoms with E-state index in [1.807, 2.05) is 0 Å². The lowest BCUT2D eigenvalue weighted by Crippen LogP contribution is -2.40. The average molecular weight is 464 g/mol. The monoisotopic (exact) mass is 464 g/mol. The van der Waals surface area contributed by atoms with Gasteiger partial charge in [0.1, 0.15) is 5.92 Å². The minimum absolute atomic E-state index is 0.0322. The maximum absolute atomic E-state index is 14.0. The van der Waals surface area contributed by atoms with E-state index >= 15 is 0 Å². The van der Waals surface area contributed by atoms with Crippen molar-refractivity contribution in [3.05, 3.63) is 35.4 Å². The fraction of sp³-hybridized carbons (Fsp3) is 0.545. The zero-order valence-corrected chi connectivity index (χ0v) is 17.8. The Kier molecular flexibility index (Phi) is 6.93. The lowest BCUT2D eigenvalue weighted by atomic mass is 9.74. The summed E-state index contributed by atoms with van der Waals surface area (Å²) in [5.41, 5.74) is -4.04. The van der Waals surface area contributed by atoms with Crippen molar-refractivity contribution in [1.82, 2.24) is 0 Å². The predicted molar refractivity (Wildman–Crippen MR) is 101 cm³/mol. The van der Waals surface area contributed by atoms with Crippen molar-refractivity contribution in [2.24, 2.45) is 22.7 Å². The molecule has 0 aromatic heterocycles. The summed E-state index contributed by atoms with van der Waals surface area (Å²) in [7, 11) is 2.05. The molecule has 0 N–H and O–H groups in total. The number of carbonyl (C=O) groups is 2. The smallest absolute Gasteiger partial charge is 0.416 e. The van der Waals surface area contributed by atoms with Gasteiger partial charge in [0.25, 0.3) is 0 Å². The van der Waals surface area contributed by atoms with E-state index in [2.05, 4.69) is 21.3 Å². The molecule has 0 bridgehead atoms. The fourth-order valence-electron chi connectivity index (χ4n) is 4.30. The van der Waals surface area contributed by atoms with Gasteiger partial charge in [0.2, 0.25) is 0 Å². The van der Waals surface area contributed by atoms with E-state index in [4.69, 9.17) is 0 Å². The Morgan fingerprint density at radius 1 is 1.00 bits per heavy atom. The van der Waals surface area contributed by atoms with Crippen LogP contribution in [0.2, 0.25) is 0 Å². The standard InChI is InChI=1S/C22H22F6O4/c1-19(2)12-20(17(29)31-3,18(30)32-4)11-16(19)15(22(26,27)28)10-7-13-5-8-14(9-6-13)21(23,24)25/h5-6,8-9,15-16H,11-12H2,1-4H3. The van der Waals surface area contributed by atoms with Crippen molar-refractivity contribution in [2.45, 2.75) is 39.0 Å². The van der Waals surface area contributed by atoms with Crippen molar-refractivity contribution in [1.29, 1.82) is 0 Å². The Balaban J connectivity index is 2.47. The van der Waals surface area contributed by atoms with Crippen LogP contribution in [0.1, 0.15) is 37.8 Å². The lowest BCUT2D eigenvalue weighted by molar-refractivity contribution is -0.181. The summed E-state index contributed by atoms with van der Waals surface area (Å²) in [5.74, 6) is -1.08. The van der Waals surface area contributed by atoms with Crippen LogP contribution >= 0.6 is 0 Å². The molecule has 32 heavy (non-hydrogen) atoms. The zero-order valence-electron chi connectivity index (χ0n) is 17.8. The number of rotatable bonds is 3. The molecule has 0 heterocycles. The van der Waals surface area contributed by atoms with Gasteiger partial charge in [0.05, 0.1) is 19.8 Å². The third-order valence-corrected chi connectivity index (χ3v) is 5.82. The van der Waals surface area contributed by atoms with Gasteiger partial charge in [-0.2, -0.15) is 26.3 Å².